The fourth-order valence-corrected chi connectivity index (χ4v) is 2.93. The van der Waals surface area contributed by atoms with Crippen molar-refractivity contribution in [2.24, 2.45) is 5.41 Å². The number of ether oxygens (including phenoxy) is 1. The van der Waals surface area contributed by atoms with Gasteiger partial charge in [-0.25, -0.2) is 0 Å². The summed E-state index contributed by atoms with van der Waals surface area (Å²) >= 11 is 1.64. The molecule has 1 rings (SSSR count). The molecular formula is C13H23NO3S. The van der Waals surface area contributed by atoms with E-state index in [1.807, 2.05) is 13.8 Å². The third kappa shape index (κ3) is 4.88. The number of hydrogen-bond donors (Lipinski definition) is 1. The van der Waals surface area contributed by atoms with E-state index in [0.717, 1.165) is 31.6 Å². The van der Waals surface area contributed by atoms with E-state index in [-0.39, 0.29) is 22.5 Å². The molecule has 1 aliphatic carbocycles. The van der Waals surface area contributed by atoms with Gasteiger partial charge >= 0.3 is 5.97 Å². The van der Waals surface area contributed by atoms with Gasteiger partial charge in [-0.15, -0.1) is 11.8 Å². The molecule has 1 amide bonds. The lowest BCUT2D eigenvalue weighted by Crippen LogP contribution is -2.32. The first-order valence-corrected chi connectivity index (χ1v) is 7.54. The molecule has 1 N–H and O–H groups in total. The summed E-state index contributed by atoms with van der Waals surface area (Å²) in [6, 6.07) is 0. The second-order valence-electron chi connectivity index (χ2n) is 5.00. The van der Waals surface area contributed by atoms with Crippen LogP contribution in [0.2, 0.25) is 0 Å². The van der Waals surface area contributed by atoms with Crippen molar-refractivity contribution in [1.29, 1.82) is 0 Å². The van der Waals surface area contributed by atoms with Crippen LogP contribution in [-0.2, 0) is 14.3 Å². The highest BCUT2D eigenvalue weighted by molar-refractivity contribution is 8.00. The number of methoxy groups -OCH3 is 1. The van der Waals surface area contributed by atoms with Crippen molar-refractivity contribution in [1.82, 2.24) is 5.32 Å². The van der Waals surface area contributed by atoms with Crippen LogP contribution in [0.5, 0.6) is 0 Å². The first kappa shape index (κ1) is 15.3. The van der Waals surface area contributed by atoms with E-state index in [1.165, 1.54) is 7.11 Å². The first-order chi connectivity index (χ1) is 8.53. The average Bonchev–Trinajstić information content (AvgIpc) is 3.13. The van der Waals surface area contributed by atoms with Crippen molar-refractivity contribution in [2.75, 3.05) is 19.4 Å². The monoisotopic (exact) mass is 273 g/mol. The summed E-state index contributed by atoms with van der Waals surface area (Å²) in [5, 5.41) is 2.84. The molecule has 1 fully saturated rings. The maximum Gasteiger partial charge on any atom is 0.306 e. The number of hydrogen-bond acceptors (Lipinski definition) is 4. The normalized spacial score (nSPS) is 17.9. The van der Waals surface area contributed by atoms with E-state index in [1.54, 1.807) is 11.8 Å². The van der Waals surface area contributed by atoms with E-state index in [2.05, 4.69) is 5.32 Å². The molecule has 0 aliphatic heterocycles. The highest BCUT2D eigenvalue weighted by atomic mass is 32.2. The number of carbonyl (C=O) groups is 2. The van der Waals surface area contributed by atoms with Gasteiger partial charge < -0.3 is 10.1 Å². The number of esters is 1. The molecular weight excluding hydrogens is 250 g/mol. The van der Waals surface area contributed by atoms with Gasteiger partial charge in [0.1, 0.15) is 0 Å². The van der Waals surface area contributed by atoms with Crippen molar-refractivity contribution in [3.8, 4) is 0 Å². The lowest BCUT2D eigenvalue weighted by molar-refractivity contribution is -0.141. The van der Waals surface area contributed by atoms with Crippen molar-refractivity contribution >= 4 is 23.6 Å². The van der Waals surface area contributed by atoms with Crippen LogP contribution in [0.25, 0.3) is 0 Å². The zero-order valence-electron chi connectivity index (χ0n) is 11.5. The molecule has 0 heterocycles. The number of rotatable bonds is 8. The second-order valence-corrected chi connectivity index (χ2v) is 6.33. The highest BCUT2D eigenvalue weighted by Gasteiger charge is 2.44. The molecule has 4 nitrogen and oxygen atoms in total. The van der Waals surface area contributed by atoms with Crippen LogP contribution in [0.4, 0.5) is 0 Å². The third-order valence-electron chi connectivity index (χ3n) is 3.26. The maximum atomic E-state index is 11.7. The zero-order valence-corrected chi connectivity index (χ0v) is 12.3. The van der Waals surface area contributed by atoms with Crippen LogP contribution in [-0.4, -0.2) is 36.5 Å². The molecule has 104 valence electrons. The van der Waals surface area contributed by atoms with E-state index >= 15 is 0 Å². The summed E-state index contributed by atoms with van der Waals surface area (Å²) < 4.78 is 4.71. The first-order valence-electron chi connectivity index (χ1n) is 6.49. The molecule has 0 aromatic carbocycles. The Hall–Kier alpha value is -0.710. The smallest absolute Gasteiger partial charge is 0.306 e. The van der Waals surface area contributed by atoms with E-state index in [4.69, 9.17) is 4.74 Å². The molecule has 1 aliphatic rings. The van der Waals surface area contributed by atoms with Gasteiger partial charge in [-0.3, -0.25) is 9.59 Å². The van der Waals surface area contributed by atoms with Gasteiger partial charge in [0.15, 0.2) is 0 Å². The van der Waals surface area contributed by atoms with Crippen LogP contribution < -0.4 is 5.32 Å². The Labute approximate surface area is 113 Å². The maximum absolute atomic E-state index is 11.7. The summed E-state index contributed by atoms with van der Waals surface area (Å²) in [7, 11) is 1.42. The van der Waals surface area contributed by atoms with Crippen LogP contribution >= 0.6 is 11.8 Å². The lowest BCUT2D eigenvalue weighted by Gasteiger charge is -2.16. The Balaban J connectivity index is 2.27. The van der Waals surface area contributed by atoms with Crippen molar-refractivity contribution in [2.45, 2.75) is 44.8 Å². The molecule has 5 heteroatoms. The molecule has 0 aromatic heterocycles. The molecule has 0 aromatic rings. The quantitative estimate of drug-likeness (QED) is 0.687. The van der Waals surface area contributed by atoms with Gasteiger partial charge in [-0.05, 0) is 31.6 Å². The molecule has 1 unspecified atom stereocenters. The van der Waals surface area contributed by atoms with Crippen molar-refractivity contribution < 1.29 is 14.3 Å². The third-order valence-corrected chi connectivity index (χ3v) is 4.76. The summed E-state index contributed by atoms with van der Waals surface area (Å²) in [5.41, 5.74) is 0.0943. The number of amides is 1. The lowest BCUT2D eigenvalue weighted by atomic mass is 10.1. The van der Waals surface area contributed by atoms with E-state index < -0.39 is 0 Å². The fraction of sp³-hybridized carbons (Fsp3) is 0.846. The van der Waals surface area contributed by atoms with Gasteiger partial charge in [0.05, 0.1) is 18.8 Å². The Morgan fingerprint density at radius 1 is 1.44 bits per heavy atom. The number of nitrogens with one attached hydrogen (secondary N) is 1. The summed E-state index contributed by atoms with van der Waals surface area (Å²) in [6.07, 6.45) is 3.58. The Bertz CT molecular complexity index is 303. The number of thioether (sulfide) groups is 1. The summed E-state index contributed by atoms with van der Waals surface area (Å²) in [4.78, 5) is 23.0. The standard InChI is InChI=1S/C13H23NO3S/c1-4-7-14-12(16)10(2)18-9-13(5-6-13)8-11(15)17-3/h10H,4-9H2,1-3H3,(H,14,16). The predicted octanol–water partition coefficient (Wildman–Crippen LogP) is 1.98. The molecule has 0 saturated heterocycles. The van der Waals surface area contributed by atoms with Crippen molar-refractivity contribution in [3.05, 3.63) is 0 Å². The SMILES string of the molecule is CCCNC(=O)C(C)SCC1(CC(=O)OC)CC1. The molecule has 0 spiro atoms. The van der Waals surface area contributed by atoms with Crippen LogP contribution in [0.15, 0.2) is 0 Å². The van der Waals surface area contributed by atoms with Crippen molar-refractivity contribution in [3.63, 3.8) is 0 Å². The number of carbonyl (C=O) groups excluding carboxylic acids is 2. The molecule has 1 atom stereocenters. The molecule has 18 heavy (non-hydrogen) atoms. The predicted molar refractivity (Wildman–Crippen MR) is 73.5 cm³/mol. The Kier molecular flexibility index (Phi) is 5.99. The van der Waals surface area contributed by atoms with Gasteiger partial charge in [0, 0.05) is 12.3 Å². The van der Waals surface area contributed by atoms with E-state index in [0.29, 0.717) is 6.42 Å². The Morgan fingerprint density at radius 2 is 2.11 bits per heavy atom. The minimum Gasteiger partial charge on any atom is -0.469 e. The fourth-order valence-electron chi connectivity index (χ4n) is 1.70. The second kappa shape index (κ2) is 7.02. The molecule has 0 radical (unpaired) electrons. The summed E-state index contributed by atoms with van der Waals surface area (Å²) in [6.45, 7) is 4.69. The average molecular weight is 273 g/mol. The van der Waals surface area contributed by atoms with E-state index in [9.17, 15) is 9.59 Å². The highest BCUT2D eigenvalue weighted by Crippen LogP contribution is 2.51. The van der Waals surface area contributed by atoms with Crippen LogP contribution in [0.1, 0.15) is 39.5 Å². The van der Waals surface area contributed by atoms with Gasteiger partial charge in [0.25, 0.3) is 0 Å². The molecule has 0 bridgehead atoms. The van der Waals surface area contributed by atoms with Crippen LogP contribution in [0, 0.1) is 5.41 Å². The minimum atomic E-state index is -0.142. The van der Waals surface area contributed by atoms with Gasteiger partial charge in [0.2, 0.25) is 5.91 Å². The topological polar surface area (TPSA) is 55.4 Å². The van der Waals surface area contributed by atoms with Gasteiger partial charge in [-0.1, -0.05) is 6.92 Å². The largest absolute Gasteiger partial charge is 0.469 e. The summed E-state index contributed by atoms with van der Waals surface area (Å²) in [5.74, 6) is 0.815. The zero-order chi connectivity index (χ0) is 13.6. The Morgan fingerprint density at radius 3 is 2.61 bits per heavy atom. The molecule has 1 saturated carbocycles. The minimum absolute atomic E-state index is 0.0494. The van der Waals surface area contributed by atoms with Crippen LogP contribution in [0.3, 0.4) is 0 Å². The van der Waals surface area contributed by atoms with Gasteiger partial charge in [-0.2, -0.15) is 0 Å².